The molecule has 0 aliphatic heterocycles. The van der Waals surface area contributed by atoms with Gasteiger partial charge in [-0.2, -0.15) is 0 Å². The lowest BCUT2D eigenvalue weighted by Gasteiger charge is -2.27. The van der Waals surface area contributed by atoms with Crippen molar-refractivity contribution in [2.75, 3.05) is 27.9 Å². The fraction of sp³-hybridized carbons (Fsp3) is 0.525. The van der Waals surface area contributed by atoms with Gasteiger partial charge in [0.05, 0.1) is 33.5 Å². The van der Waals surface area contributed by atoms with Gasteiger partial charge >= 0.3 is 5.97 Å². The van der Waals surface area contributed by atoms with Crippen molar-refractivity contribution in [2.45, 2.75) is 113 Å². The number of methoxy groups -OCH3 is 3. The van der Waals surface area contributed by atoms with Crippen LogP contribution in [0.15, 0.2) is 24.3 Å². The van der Waals surface area contributed by atoms with Gasteiger partial charge in [-0.1, -0.05) is 69.2 Å². The van der Waals surface area contributed by atoms with Crippen molar-refractivity contribution in [3.8, 4) is 40.2 Å². The second-order valence-corrected chi connectivity index (χ2v) is 15.1. The average molecular weight is 685 g/mol. The van der Waals surface area contributed by atoms with Gasteiger partial charge in [0.15, 0.2) is 11.5 Å². The van der Waals surface area contributed by atoms with Gasteiger partial charge in [0.2, 0.25) is 5.75 Å². The molecule has 9 heteroatoms. The van der Waals surface area contributed by atoms with E-state index < -0.39 is 11.4 Å². The third kappa shape index (κ3) is 10.4. The molecule has 0 radical (unpaired) electrons. The van der Waals surface area contributed by atoms with Crippen LogP contribution >= 0.6 is 0 Å². The van der Waals surface area contributed by atoms with Crippen LogP contribution < -0.4 is 14.2 Å². The molecule has 3 rings (SSSR count). The van der Waals surface area contributed by atoms with E-state index in [0.717, 1.165) is 33.8 Å². The van der Waals surface area contributed by atoms with E-state index in [9.17, 15) is 25.2 Å². The SMILES string of the molecule is CCCOC(=O)c1c(C)c(O)c(O)c(OC)c1C(C)(C)C.COc1ccc(O)c(C(C)(C)C)c1C.COc1ccc(O)c(C)c1C(C)(C)C. The van der Waals surface area contributed by atoms with E-state index in [4.69, 9.17) is 18.9 Å². The summed E-state index contributed by atoms with van der Waals surface area (Å²) in [5.41, 5.74) is 4.45. The molecule has 0 fully saturated rings. The summed E-state index contributed by atoms with van der Waals surface area (Å²) in [5, 5.41) is 39.5. The number of phenolic OH excluding ortho intramolecular Hbond substituents is 4. The average Bonchev–Trinajstić information content (AvgIpc) is 2.98. The summed E-state index contributed by atoms with van der Waals surface area (Å²) in [6.07, 6.45) is 0.705. The molecule has 0 aliphatic carbocycles. The lowest BCUT2D eigenvalue weighted by Crippen LogP contribution is -2.21. The van der Waals surface area contributed by atoms with Crippen LogP contribution in [-0.2, 0) is 21.0 Å². The first-order chi connectivity index (χ1) is 22.4. The molecule has 0 saturated carbocycles. The molecule has 3 aromatic rings. The molecule has 0 aliphatic rings. The molecule has 0 unspecified atom stereocenters. The third-order valence-electron chi connectivity index (χ3n) is 7.97. The minimum atomic E-state index is -0.520. The van der Waals surface area contributed by atoms with Crippen LogP contribution in [0.2, 0.25) is 0 Å². The Bertz CT molecular complexity index is 1580. The van der Waals surface area contributed by atoms with Gasteiger partial charge in [-0.05, 0) is 78.8 Å². The van der Waals surface area contributed by atoms with E-state index in [1.165, 1.54) is 7.11 Å². The normalized spacial score (nSPS) is 11.4. The fourth-order valence-electron chi connectivity index (χ4n) is 5.88. The number of hydrogen-bond acceptors (Lipinski definition) is 9. The molecule has 3 aromatic carbocycles. The van der Waals surface area contributed by atoms with Crippen LogP contribution in [0.5, 0.6) is 40.2 Å². The molecule has 0 spiro atoms. The number of ether oxygens (including phenoxy) is 4. The van der Waals surface area contributed by atoms with Gasteiger partial charge in [-0.25, -0.2) is 4.79 Å². The van der Waals surface area contributed by atoms with Gasteiger partial charge in [0.1, 0.15) is 23.0 Å². The predicted molar refractivity (Wildman–Crippen MR) is 197 cm³/mol. The Morgan fingerprint density at radius 2 is 1.06 bits per heavy atom. The zero-order valence-electron chi connectivity index (χ0n) is 32.6. The highest BCUT2D eigenvalue weighted by atomic mass is 16.5. The molecule has 49 heavy (non-hydrogen) atoms. The maximum atomic E-state index is 12.4. The Hall–Kier alpha value is -4.27. The molecule has 9 nitrogen and oxygen atoms in total. The Balaban J connectivity index is 0.000000380. The minimum absolute atomic E-state index is 0.0197. The number of esters is 1. The Morgan fingerprint density at radius 1 is 0.592 bits per heavy atom. The van der Waals surface area contributed by atoms with Crippen LogP contribution in [0, 0.1) is 20.8 Å². The largest absolute Gasteiger partial charge is 0.508 e. The summed E-state index contributed by atoms with van der Waals surface area (Å²) in [5.74, 6) is 1.21. The van der Waals surface area contributed by atoms with E-state index in [1.807, 2.05) is 47.6 Å². The summed E-state index contributed by atoms with van der Waals surface area (Å²) >= 11 is 0. The number of phenols is 4. The molecule has 0 saturated heterocycles. The molecule has 0 atom stereocenters. The summed E-state index contributed by atoms with van der Waals surface area (Å²) in [4.78, 5) is 12.4. The second kappa shape index (κ2) is 16.9. The van der Waals surface area contributed by atoms with Crippen molar-refractivity contribution in [3.63, 3.8) is 0 Å². The smallest absolute Gasteiger partial charge is 0.338 e. The predicted octanol–water partition coefficient (Wildman–Crippen LogP) is 9.29. The number of rotatable bonds is 6. The Labute approximate surface area is 293 Å². The summed E-state index contributed by atoms with van der Waals surface area (Å²) in [6.45, 7) is 25.9. The number of carbonyl (C=O) groups excluding carboxylic acids is 1. The third-order valence-corrected chi connectivity index (χ3v) is 7.97. The van der Waals surface area contributed by atoms with E-state index in [1.54, 1.807) is 39.3 Å². The number of carbonyl (C=O) groups is 1. The van der Waals surface area contributed by atoms with Crippen molar-refractivity contribution < 1.29 is 44.2 Å². The highest BCUT2D eigenvalue weighted by Gasteiger charge is 2.33. The van der Waals surface area contributed by atoms with Crippen molar-refractivity contribution in [2.24, 2.45) is 0 Å². The van der Waals surface area contributed by atoms with Gasteiger partial charge < -0.3 is 39.4 Å². The maximum absolute atomic E-state index is 12.4. The first-order valence-corrected chi connectivity index (χ1v) is 16.5. The van der Waals surface area contributed by atoms with Gasteiger partial charge in [0.25, 0.3) is 0 Å². The summed E-state index contributed by atoms with van der Waals surface area (Å²) in [7, 11) is 4.69. The Morgan fingerprint density at radius 3 is 1.49 bits per heavy atom. The van der Waals surface area contributed by atoms with E-state index in [-0.39, 0.29) is 33.6 Å². The van der Waals surface area contributed by atoms with Crippen molar-refractivity contribution in [1.82, 2.24) is 0 Å². The summed E-state index contributed by atoms with van der Waals surface area (Å²) in [6, 6.07) is 6.96. The first-order valence-electron chi connectivity index (χ1n) is 16.5. The standard InChI is InChI=1S/C16H24O5.2C12H18O2/c1-7-8-21-15(19)10-9(2)12(17)13(18)14(20-6)11(10)16(3,4)5;1-8-10(14-5)7-6-9(13)11(8)12(2,3)4;1-8-9(13)6-7-10(14-5)11(8)12(2,3)4/h17-18H,7-8H2,1-6H3;2*6-7,13H,1-5H3. The minimum Gasteiger partial charge on any atom is -0.508 e. The van der Waals surface area contributed by atoms with Gasteiger partial charge in [-0.3, -0.25) is 0 Å². The molecule has 4 N–H and O–H groups in total. The molecular formula is C40H60O9. The monoisotopic (exact) mass is 684 g/mol. The second-order valence-electron chi connectivity index (χ2n) is 15.1. The zero-order chi connectivity index (χ0) is 38.2. The topological polar surface area (TPSA) is 135 Å². The highest BCUT2D eigenvalue weighted by molar-refractivity contribution is 5.96. The molecule has 0 amide bonds. The van der Waals surface area contributed by atoms with E-state index in [2.05, 4.69) is 41.5 Å². The van der Waals surface area contributed by atoms with Crippen molar-refractivity contribution in [1.29, 1.82) is 0 Å². The molecule has 0 bridgehead atoms. The van der Waals surface area contributed by atoms with Crippen molar-refractivity contribution in [3.05, 3.63) is 63.2 Å². The van der Waals surface area contributed by atoms with E-state index >= 15 is 0 Å². The summed E-state index contributed by atoms with van der Waals surface area (Å²) < 4.78 is 20.9. The molecular weight excluding hydrogens is 624 g/mol. The van der Waals surface area contributed by atoms with Gasteiger partial charge in [-0.15, -0.1) is 0 Å². The molecule has 274 valence electrons. The lowest BCUT2D eigenvalue weighted by atomic mass is 9.80. The fourth-order valence-corrected chi connectivity index (χ4v) is 5.88. The van der Waals surface area contributed by atoms with Crippen LogP contribution in [0.4, 0.5) is 0 Å². The van der Waals surface area contributed by atoms with Crippen LogP contribution in [0.25, 0.3) is 0 Å². The zero-order valence-corrected chi connectivity index (χ0v) is 32.6. The van der Waals surface area contributed by atoms with Crippen LogP contribution in [-0.4, -0.2) is 54.3 Å². The van der Waals surface area contributed by atoms with Gasteiger partial charge in [0, 0.05) is 22.3 Å². The molecule has 0 aromatic heterocycles. The number of hydrogen-bond donors (Lipinski definition) is 4. The van der Waals surface area contributed by atoms with E-state index in [0.29, 0.717) is 35.7 Å². The lowest BCUT2D eigenvalue weighted by molar-refractivity contribution is 0.0500. The first kappa shape index (κ1) is 42.8. The Kier molecular flexibility index (Phi) is 14.7. The van der Waals surface area contributed by atoms with Crippen molar-refractivity contribution >= 4 is 5.97 Å². The number of benzene rings is 3. The molecule has 0 heterocycles. The van der Waals surface area contributed by atoms with Crippen LogP contribution in [0.3, 0.4) is 0 Å². The highest BCUT2D eigenvalue weighted by Crippen LogP contribution is 2.48. The maximum Gasteiger partial charge on any atom is 0.338 e. The van der Waals surface area contributed by atoms with Crippen LogP contribution in [0.1, 0.15) is 119 Å². The quantitative estimate of drug-likeness (QED) is 0.148. The number of aromatic hydroxyl groups is 4.